The topological polar surface area (TPSA) is 43.9 Å². The number of para-hydroxylation sites is 1. The van der Waals surface area contributed by atoms with Crippen LogP contribution in [0.3, 0.4) is 0 Å². The van der Waals surface area contributed by atoms with Crippen LogP contribution in [0, 0.1) is 0 Å². The Hall–Kier alpha value is -6.00. The molecular formula is C43H29N3O. The van der Waals surface area contributed by atoms with Gasteiger partial charge in [-0.25, -0.2) is 9.97 Å². The molecule has 222 valence electrons. The van der Waals surface area contributed by atoms with Crippen LogP contribution in [0.1, 0.15) is 25.0 Å². The van der Waals surface area contributed by atoms with E-state index in [1.165, 1.54) is 27.6 Å². The number of hydrogen-bond donors (Lipinski definition) is 0. The van der Waals surface area contributed by atoms with E-state index >= 15 is 0 Å². The van der Waals surface area contributed by atoms with Crippen molar-refractivity contribution in [3.8, 4) is 39.6 Å². The maximum absolute atomic E-state index is 6.42. The second-order valence-electron chi connectivity index (χ2n) is 13.0. The van der Waals surface area contributed by atoms with Crippen LogP contribution in [-0.4, -0.2) is 14.5 Å². The Bertz CT molecular complexity index is 2700. The molecule has 4 heteroatoms. The minimum Gasteiger partial charge on any atom is -0.456 e. The summed E-state index contributed by atoms with van der Waals surface area (Å²) in [5.41, 5.74) is 12.8. The van der Waals surface area contributed by atoms with E-state index in [9.17, 15) is 0 Å². The second kappa shape index (κ2) is 9.51. The highest BCUT2D eigenvalue weighted by atomic mass is 16.3. The summed E-state index contributed by atoms with van der Waals surface area (Å²) >= 11 is 0. The van der Waals surface area contributed by atoms with E-state index in [1.807, 2.05) is 6.07 Å². The van der Waals surface area contributed by atoms with Crippen LogP contribution in [0.2, 0.25) is 0 Å². The molecule has 10 rings (SSSR count). The fourth-order valence-electron chi connectivity index (χ4n) is 7.88. The van der Waals surface area contributed by atoms with Crippen molar-refractivity contribution in [2.75, 3.05) is 0 Å². The standard InChI is InChI=1S/C43H29N3O/c1-43(2)32-19-11-9-17-29(32)41-39(43)38-34(23-24-36-37(38)30-18-10-12-20-35(30)47-36)46(41)42-44-33-22-21-28(26-13-5-3-6-14-26)25-31(33)40(45-42)27-15-7-4-8-16-27/h3-25H,1-2H3. The van der Waals surface area contributed by atoms with Crippen LogP contribution in [0.5, 0.6) is 0 Å². The van der Waals surface area contributed by atoms with Crippen molar-refractivity contribution in [2.24, 2.45) is 0 Å². The maximum Gasteiger partial charge on any atom is 0.235 e. The molecule has 4 nitrogen and oxygen atoms in total. The van der Waals surface area contributed by atoms with Gasteiger partial charge in [-0.2, -0.15) is 0 Å². The number of rotatable bonds is 3. The summed E-state index contributed by atoms with van der Waals surface area (Å²) in [4.78, 5) is 10.8. The molecule has 0 atom stereocenters. The molecule has 0 saturated heterocycles. The Morgan fingerprint density at radius 2 is 1.30 bits per heavy atom. The highest BCUT2D eigenvalue weighted by Crippen LogP contribution is 2.55. The first kappa shape index (κ1) is 26.2. The molecule has 0 unspecified atom stereocenters. The molecule has 0 aliphatic heterocycles. The Balaban J connectivity index is 1.35. The zero-order chi connectivity index (χ0) is 31.3. The van der Waals surface area contributed by atoms with E-state index in [2.05, 4.69) is 152 Å². The molecule has 1 aliphatic carbocycles. The third-order valence-electron chi connectivity index (χ3n) is 9.99. The smallest absolute Gasteiger partial charge is 0.235 e. The van der Waals surface area contributed by atoms with Crippen molar-refractivity contribution >= 4 is 43.7 Å². The second-order valence-corrected chi connectivity index (χ2v) is 13.0. The molecule has 1 aliphatic rings. The van der Waals surface area contributed by atoms with E-state index in [1.54, 1.807) is 0 Å². The van der Waals surface area contributed by atoms with Gasteiger partial charge in [0.1, 0.15) is 11.2 Å². The van der Waals surface area contributed by atoms with E-state index in [-0.39, 0.29) is 5.41 Å². The lowest BCUT2D eigenvalue weighted by Gasteiger charge is -2.21. The van der Waals surface area contributed by atoms with Gasteiger partial charge in [-0.05, 0) is 52.6 Å². The number of nitrogens with zero attached hydrogens (tertiary/aromatic N) is 3. The Morgan fingerprint density at radius 3 is 2.13 bits per heavy atom. The zero-order valence-electron chi connectivity index (χ0n) is 26.0. The van der Waals surface area contributed by atoms with Gasteiger partial charge in [-0.15, -0.1) is 0 Å². The van der Waals surface area contributed by atoms with E-state index in [0.29, 0.717) is 5.95 Å². The molecule has 3 aromatic heterocycles. The molecule has 0 bridgehead atoms. The summed E-state index contributed by atoms with van der Waals surface area (Å²) in [7, 11) is 0. The van der Waals surface area contributed by atoms with Crippen molar-refractivity contribution in [1.82, 2.24) is 14.5 Å². The molecular weight excluding hydrogens is 574 g/mol. The van der Waals surface area contributed by atoms with Gasteiger partial charge in [-0.3, -0.25) is 4.57 Å². The predicted octanol–water partition coefficient (Wildman–Crippen LogP) is 11.1. The van der Waals surface area contributed by atoms with Gasteiger partial charge in [0.15, 0.2) is 0 Å². The largest absolute Gasteiger partial charge is 0.456 e. The van der Waals surface area contributed by atoms with Gasteiger partial charge < -0.3 is 4.42 Å². The van der Waals surface area contributed by atoms with Crippen LogP contribution < -0.4 is 0 Å². The molecule has 0 N–H and O–H groups in total. The van der Waals surface area contributed by atoms with Crippen molar-refractivity contribution in [3.05, 3.63) is 151 Å². The summed E-state index contributed by atoms with van der Waals surface area (Å²) in [6, 6.07) is 48.9. The molecule has 9 aromatic rings. The Labute approximate surface area is 271 Å². The van der Waals surface area contributed by atoms with Crippen molar-refractivity contribution in [2.45, 2.75) is 19.3 Å². The van der Waals surface area contributed by atoms with Crippen molar-refractivity contribution < 1.29 is 4.42 Å². The average molecular weight is 604 g/mol. The van der Waals surface area contributed by atoms with E-state index in [0.717, 1.165) is 60.9 Å². The molecule has 0 spiro atoms. The summed E-state index contributed by atoms with van der Waals surface area (Å²) in [5.74, 6) is 0.662. The zero-order valence-corrected chi connectivity index (χ0v) is 26.0. The van der Waals surface area contributed by atoms with Crippen LogP contribution >= 0.6 is 0 Å². The molecule has 47 heavy (non-hydrogen) atoms. The summed E-state index contributed by atoms with van der Waals surface area (Å²) in [6.07, 6.45) is 0. The van der Waals surface area contributed by atoms with Gasteiger partial charge in [-0.1, -0.05) is 123 Å². The quantitative estimate of drug-likeness (QED) is 0.202. The minimum absolute atomic E-state index is 0.244. The fourth-order valence-corrected chi connectivity index (χ4v) is 7.88. The average Bonchev–Trinajstić information content (AvgIpc) is 3.75. The van der Waals surface area contributed by atoms with E-state index in [4.69, 9.17) is 14.4 Å². The third-order valence-corrected chi connectivity index (χ3v) is 9.99. The number of aromatic nitrogens is 3. The van der Waals surface area contributed by atoms with Crippen LogP contribution in [0.25, 0.3) is 83.3 Å². The van der Waals surface area contributed by atoms with Crippen LogP contribution in [0.4, 0.5) is 0 Å². The molecule has 0 radical (unpaired) electrons. The third kappa shape index (κ3) is 3.64. The van der Waals surface area contributed by atoms with Gasteiger partial charge in [0.2, 0.25) is 5.95 Å². The first-order valence-corrected chi connectivity index (χ1v) is 16.1. The Morgan fingerprint density at radius 1 is 0.574 bits per heavy atom. The van der Waals surface area contributed by atoms with E-state index < -0.39 is 0 Å². The monoisotopic (exact) mass is 603 g/mol. The number of hydrogen-bond acceptors (Lipinski definition) is 3. The highest BCUT2D eigenvalue weighted by molar-refractivity contribution is 6.22. The maximum atomic E-state index is 6.42. The normalized spacial score (nSPS) is 13.5. The number of furan rings is 1. The first-order chi connectivity index (χ1) is 23.1. The highest BCUT2D eigenvalue weighted by Gasteiger charge is 2.42. The number of fused-ring (bicyclic) bond motifs is 10. The minimum atomic E-state index is -0.244. The lowest BCUT2D eigenvalue weighted by Crippen LogP contribution is -2.14. The molecule has 6 aromatic carbocycles. The lowest BCUT2D eigenvalue weighted by atomic mass is 9.81. The van der Waals surface area contributed by atoms with Crippen LogP contribution in [0.15, 0.2) is 144 Å². The van der Waals surface area contributed by atoms with Crippen molar-refractivity contribution in [1.29, 1.82) is 0 Å². The van der Waals surface area contributed by atoms with Gasteiger partial charge in [0.25, 0.3) is 0 Å². The van der Waals surface area contributed by atoms with Crippen LogP contribution in [-0.2, 0) is 5.41 Å². The van der Waals surface area contributed by atoms with Gasteiger partial charge in [0, 0.05) is 38.1 Å². The molecule has 3 heterocycles. The fraction of sp³-hybridized carbons (Fsp3) is 0.0698. The summed E-state index contributed by atoms with van der Waals surface area (Å²) < 4.78 is 8.72. The number of benzene rings is 6. The van der Waals surface area contributed by atoms with Gasteiger partial charge in [0.05, 0.1) is 22.4 Å². The van der Waals surface area contributed by atoms with Crippen molar-refractivity contribution in [3.63, 3.8) is 0 Å². The molecule has 0 fully saturated rings. The lowest BCUT2D eigenvalue weighted by molar-refractivity contribution is 0.665. The SMILES string of the molecule is CC1(C)c2ccccc2-c2c1c1c3c(ccc1n2-c1nc(-c2ccccc2)c2cc(-c4ccccc4)ccc2n1)oc1ccccc13. The first-order valence-electron chi connectivity index (χ1n) is 16.1. The summed E-state index contributed by atoms with van der Waals surface area (Å²) in [5, 5.41) is 4.50. The Kier molecular flexibility index (Phi) is 5.31. The van der Waals surface area contributed by atoms with Gasteiger partial charge >= 0.3 is 0 Å². The predicted molar refractivity (Wildman–Crippen MR) is 192 cm³/mol. The molecule has 0 amide bonds. The molecule has 0 saturated carbocycles. The summed E-state index contributed by atoms with van der Waals surface area (Å²) in [6.45, 7) is 4.68.